The number of pyridine rings is 1. The zero-order valence-corrected chi connectivity index (χ0v) is 20.8. The lowest BCUT2D eigenvalue weighted by Crippen LogP contribution is -2.47. The highest BCUT2D eigenvalue weighted by Crippen LogP contribution is 2.22. The summed E-state index contributed by atoms with van der Waals surface area (Å²) in [6.07, 6.45) is 3.09. The van der Waals surface area contributed by atoms with Crippen LogP contribution in [0, 0.1) is 5.92 Å². The molecule has 1 unspecified atom stereocenters. The quantitative estimate of drug-likeness (QED) is 0.449. The average molecular weight is 473 g/mol. The molecule has 0 aliphatic carbocycles. The molecule has 1 heterocycles. The van der Waals surface area contributed by atoms with Crippen LogP contribution < -0.4 is 16.0 Å². The van der Waals surface area contributed by atoms with Crippen molar-refractivity contribution >= 4 is 29.1 Å². The Morgan fingerprint density at radius 3 is 1.91 bits per heavy atom. The summed E-state index contributed by atoms with van der Waals surface area (Å²) in [5.74, 6) is -1.06. The topological polar surface area (TPSA) is 100 Å². The van der Waals surface area contributed by atoms with E-state index < -0.39 is 6.04 Å². The number of nitrogens with zero attached hydrogens (tertiary/aromatic N) is 1. The second-order valence-corrected chi connectivity index (χ2v) is 9.78. The van der Waals surface area contributed by atoms with Gasteiger partial charge in [0, 0.05) is 34.9 Å². The number of benzene rings is 2. The molecule has 3 amide bonds. The van der Waals surface area contributed by atoms with Gasteiger partial charge in [0.05, 0.1) is 0 Å². The number of carbonyl (C=O) groups is 3. The van der Waals surface area contributed by atoms with Gasteiger partial charge in [-0.2, -0.15) is 0 Å². The lowest BCUT2D eigenvalue weighted by atomic mass is 9.86. The van der Waals surface area contributed by atoms with Crippen LogP contribution in [0.3, 0.4) is 0 Å². The molecule has 3 N–H and O–H groups in total. The van der Waals surface area contributed by atoms with Crippen molar-refractivity contribution in [3.63, 3.8) is 0 Å². The molecule has 0 aliphatic rings. The van der Waals surface area contributed by atoms with Gasteiger partial charge in [-0.3, -0.25) is 19.4 Å². The first-order valence-corrected chi connectivity index (χ1v) is 11.6. The Labute approximate surface area is 206 Å². The molecule has 7 heteroatoms. The number of nitrogens with one attached hydrogen (secondary N) is 3. The monoisotopic (exact) mass is 472 g/mol. The van der Waals surface area contributed by atoms with E-state index in [9.17, 15) is 14.4 Å². The smallest absolute Gasteiger partial charge is 0.255 e. The molecule has 0 saturated carbocycles. The number of carbonyl (C=O) groups excluding carboxylic acids is 3. The molecular weight excluding hydrogens is 440 g/mol. The van der Waals surface area contributed by atoms with Gasteiger partial charge in [0.25, 0.3) is 11.8 Å². The van der Waals surface area contributed by atoms with Crippen molar-refractivity contribution in [2.75, 3.05) is 10.6 Å². The highest BCUT2D eigenvalue weighted by Gasteiger charge is 2.25. The van der Waals surface area contributed by atoms with Crippen LogP contribution >= 0.6 is 0 Å². The van der Waals surface area contributed by atoms with Crippen molar-refractivity contribution in [1.29, 1.82) is 0 Å². The summed E-state index contributed by atoms with van der Waals surface area (Å²) in [5.41, 5.74) is 3.14. The maximum Gasteiger partial charge on any atom is 0.255 e. The van der Waals surface area contributed by atoms with Gasteiger partial charge in [-0.1, -0.05) is 52.8 Å². The molecular formula is C28H32N4O3. The van der Waals surface area contributed by atoms with Crippen LogP contribution in [0.2, 0.25) is 0 Å². The van der Waals surface area contributed by atoms with Gasteiger partial charge < -0.3 is 16.0 Å². The molecule has 0 bridgehead atoms. The summed E-state index contributed by atoms with van der Waals surface area (Å²) in [5, 5.41) is 8.51. The van der Waals surface area contributed by atoms with Crippen LogP contribution in [0.15, 0.2) is 73.1 Å². The molecule has 2 aromatic carbocycles. The van der Waals surface area contributed by atoms with E-state index in [-0.39, 0.29) is 29.1 Å². The first-order valence-electron chi connectivity index (χ1n) is 11.6. The standard InChI is InChI=1S/C28H32N4O3/c1-18(2)24(32-26(34)19-9-11-21(12-10-19)28(3,4)5)27(35)31-23-8-6-7-22(17-23)30-25(33)20-13-15-29-16-14-20/h6-18,24H,1-5H3,(H,30,33)(H,31,35)(H,32,34). The Hall–Kier alpha value is -4.00. The molecule has 1 aromatic heterocycles. The van der Waals surface area contributed by atoms with Crippen LogP contribution in [0.1, 0.15) is 60.9 Å². The minimum Gasteiger partial charge on any atom is -0.340 e. The molecule has 35 heavy (non-hydrogen) atoms. The van der Waals surface area contributed by atoms with E-state index in [4.69, 9.17) is 0 Å². The van der Waals surface area contributed by atoms with Crippen molar-refractivity contribution in [2.45, 2.75) is 46.1 Å². The van der Waals surface area contributed by atoms with Gasteiger partial charge in [0.1, 0.15) is 6.04 Å². The van der Waals surface area contributed by atoms with Crippen LogP contribution in [-0.4, -0.2) is 28.7 Å². The van der Waals surface area contributed by atoms with Gasteiger partial charge in [0.2, 0.25) is 5.91 Å². The van der Waals surface area contributed by atoms with E-state index in [0.29, 0.717) is 22.5 Å². The number of hydrogen-bond acceptors (Lipinski definition) is 4. The van der Waals surface area contributed by atoms with E-state index in [1.807, 2.05) is 26.0 Å². The van der Waals surface area contributed by atoms with Gasteiger partial charge in [-0.25, -0.2) is 0 Å². The summed E-state index contributed by atoms with van der Waals surface area (Å²) in [6.45, 7) is 10.1. The third-order valence-corrected chi connectivity index (χ3v) is 5.58. The molecule has 182 valence electrons. The fourth-order valence-corrected chi connectivity index (χ4v) is 3.48. The van der Waals surface area contributed by atoms with Gasteiger partial charge in [-0.05, 0) is 59.4 Å². The number of amides is 3. The maximum absolute atomic E-state index is 13.0. The Bertz CT molecular complexity index is 1180. The number of rotatable bonds is 7. The van der Waals surface area contributed by atoms with Crippen molar-refractivity contribution in [1.82, 2.24) is 10.3 Å². The summed E-state index contributed by atoms with van der Waals surface area (Å²) in [4.78, 5) is 42.2. The first-order chi connectivity index (χ1) is 16.5. The molecule has 7 nitrogen and oxygen atoms in total. The van der Waals surface area contributed by atoms with E-state index in [1.54, 1.807) is 60.9 Å². The fourth-order valence-electron chi connectivity index (χ4n) is 3.48. The number of hydrogen-bond donors (Lipinski definition) is 3. The van der Waals surface area contributed by atoms with Gasteiger partial charge in [0.15, 0.2) is 0 Å². The van der Waals surface area contributed by atoms with Crippen LogP contribution in [-0.2, 0) is 10.2 Å². The Morgan fingerprint density at radius 2 is 1.34 bits per heavy atom. The second kappa shape index (κ2) is 11.0. The normalized spacial score (nSPS) is 12.1. The number of anilines is 2. The van der Waals surface area contributed by atoms with Crippen molar-refractivity contribution in [3.05, 3.63) is 89.7 Å². The first kappa shape index (κ1) is 25.6. The zero-order valence-electron chi connectivity index (χ0n) is 20.8. The highest BCUT2D eigenvalue weighted by atomic mass is 16.2. The maximum atomic E-state index is 13.0. The molecule has 0 spiro atoms. The third kappa shape index (κ3) is 6.99. The lowest BCUT2D eigenvalue weighted by Gasteiger charge is -2.22. The zero-order chi connectivity index (χ0) is 25.6. The molecule has 3 rings (SSSR count). The molecule has 0 saturated heterocycles. The largest absolute Gasteiger partial charge is 0.340 e. The predicted molar refractivity (Wildman–Crippen MR) is 138 cm³/mol. The molecule has 3 aromatic rings. The highest BCUT2D eigenvalue weighted by molar-refractivity contribution is 6.05. The summed E-state index contributed by atoms with van der Waals surface area (Å²) in [7, 11) is 0. The Kier molecular flexibility index (Phi) is 8.02. The molecule has 0 radical (unpaired) electrons. The Balaban J connectivity index is 1.67. The lowest BCUT2D eigenvalue weighted by molar-refractivity contribution is -0.118. The van der Waals surface area contributed by atoms with Crippen molar-refractivity contribution in [2.24, 2.45) is 5.92 Å². The van der Waals surface area contributed by atoms with E-state index in [1.165, 1.54) is 0 Å². The minimum absolute atomic E-state index is 0.0122. The molecule has 0 aliphatic heterocycles. The minimum atomic E-state index is -0.736. The average Bonchev–Trinajstić information content (AvgIpc) is 2.82. The Morgan fingerprint density at radius 1 is 0.771 bits per heavy atom. The van der Waals surface area contributed by atoms with E-state index in [0.717, 1.165) is 5.56 Å². The fraction of sp³-hybridized carbons (Fsp3) is 0.286. The van der Waals surface area contributed by atoms with Crippen LogP contribution in [0.4, 0.5) is 11.4 Å². The molecule has 1 atom stereocenters. The molecule has 0 fully saturated rings. The summed E-state index contributed by atoms with van der Waals surface area (Å²) < 4.78 is 0. The van der Waals surface area contributed by atoms with Crippen molar-refractivity contribution < 1.29 is 14.4 Å². The second-order valence-electron chi connectivity index (χ2n) is 9.78. The SMILES string of the molecule is CC(C)C(NC(=O)c1ccc(C(C)(C)C)cc1)C(=O)Nc1cccc(NC(=O)c2ccncc2)c1. The van der Waals surface area contributed by atoms with Crippen molar-refractivity contribution in [3.8, 4) is 0 Å². The van der Waals surface area contributed by atoms with E-state index >= 15 is 0 Å². The van der Waals surface area contributed by atoms with Gasteiger partial charge in [-0.15, -0.1) is 0 Å². The number of aromatic nitrogens is 1. The van der Waals surface area contributed by atoms with Gasteiger partial charge >= 0.3 is 0 Å². The van der Waals surface area contributed by atoms with Crippen LogP contribution in [0.25, 0.3) is 0 Å². The predicted octanol–water partition coefficient (Wildman–Crippen LogP) is 5.02. The third-order valence-electron chi connectivity index (χ3n) is 5.58. The van der Waals surface area contributed by atoms with Crippen LogP contribution in [0.5, 0.6) is 0 Å². The van der Waals surface area contributed by atoms with E-state index in [2.05, 4.69) is 41.7 Å². The summed E-state index contributed by atoms with van der Waals surface area (Å²) in [6, 6.07) is 16.8. The summed E-state index contributed by atoms with van der Waals surface area (Å²) >= 11 is 0.